The molecule has 0 saturated carbocycles. The van der Waals surface area contributed by atoms with E-state index in [0.29, 0.717) is 5.56 Å². The Morgan fingerprint density at radius 3 is 2.50 bits per heavy atom. The van der Waals surface area contributed by atoms with Crippen LogP contribution in [0.25, 0.3) is 0 Å². The highest BCUT2D eigenvalue weighted by molar-refractivity contribution is 6.01. The van der Waals surface area contributed by atoms with Crippen LogP contribution in [0, 0.1) is 12.3 Å². The summed E-state index contributed by atoms with van der Waals surface area (Å²) in [6.45, 7) is 1.86. The molecule has 18 heavy (non-hydrogen) atoms. The van der Waals surface area contributed by atoms with Crippen LogP contribution >= 0.6 is 0 Å². The molecule has 0 aliphatic rings. The average molecular weight is 243 g/mol. The average Bonchev–Trinajstić information content (AvgIpc) is 2.64. The molecule has 1 aromatic carbocycles. The Kier molecular flexibility index (Phi) is 3.06. The summed E-state index contributed by atoms with van der Waals surface area (Å²) in [5.41, 5.74) is 8.13. The number of nitrogens with one attached hydrogen (secondary N) is 1. The number of hydrogen-bond donors (Lipinski definition) is 2. The zero-order valence-electron chi connectivity index (χ0n) is 10.8. The third kappa shape index (κ3) is 1.95. The van der Waals surface area contributed by atoms with E-state index in [9.17, 15) is 0 Å². The van der Waals surface area contributed by atoms with Gasteiger partial charge in [0.1, 0.15) is 11.7 Å². The Balaban J connectivity index is 2.55. The van der Waals surface area contributed by atoms with E-state index in [1.54, 1.807) is 4.68 Å². The van der Waals surface area contributed by atoms with Crippen LogP contribution in [-0.4, -0.2) is 22.7 Å². The molecular formula is C13H17N5. The smallest absolute Gasteiger partial charge is 0.142 e. The van der Waals surface area contributed by atoms with Crippen LogP contribution < -0.4 is 10.6 Å². The lowest BCUT2D eigenvalue weighted by molar-refractivity contribution is 0.750. The predicted octanol–water partition coefficient (Wildman–Crippen LogP) is 1.78. The highest BCUT2D eigenvalue weighted by atomic mass is 15.4. The summed E-state index contributed by atoms with van der Waals surface area (Å²) in [6, 6.07) is 9.93. The van der Waals surface area contributed by atoms with Gasteiger partial charge in [0.15, 0.2) is 0 Å². The maximum atomic E-state index is 7.68. The van der Waals surface area contributed by atoms with Crippen molar-refractivity contribution in [1.29, 1.82) is 5.41 Å². The molecule has 5 heteroatoms. The summed E-state index contributed by atoms with van der Waals surface area (Å²) in [5, 5.41) is 12.0. The van der Waals surface area contributed by atoms with Gasteiger partial charge in [0, 0.05) is 19.8 Å². The molecular weight excluding hydrogens is 226 g/mol. The van der Waals surface area contributed by atoms with E-state index in [-0.39, 0.29) is 5.84 Å². The Labute approximate surface area is 106 Å². The van der Waals surface area contributed by atoms with E-state index in [0.717, 1.165) is 17.2 Å². The Bertz CT molecular complexity index is 571. The van der Waals surface area contributed by atoms with Crippen LogP contribution in [0.2, 0.25) is 0 Å². The van der Waals surface area contributed by atoms with Gasteiger partial charge in [-0.3, -0.25) is 10.1 Å². The van der Waals surface area contributed by atoms with Crippen LogP contribution in [0.3, 0.4) is 0 Å². The molecule has 0 amide bonds. The van der Waals surface area contributed by atoms with Crippen LogP contribution in [0.1, 0.15) is 11.3 Å². The summed E-state index contributed by atoms with van der Waals surface area (Å²) in [6.07, 6.45) is 0. The van der Waals surface area contributed by atoms with Crippen molar-refractivity contribution >= 4 is 17.3 Å². The number of aromatic nitrogens is 2. The van der Waals surface area contributed by atoms with Gasteiger partial charge in [0.05, 0.1) is 11.3 Å². The quantitative estimate of drug-likeness (QED) is 0.637. The normalized spacial score (nSPS) is 10.4. The highest BCUT2D eigenvalue weighted by Crippen LogP contribution is 2.27. The van der Waals surface area contributed by atoms with E-state index in [1.165, 1.54) is 0 Å². The number of aryl methyl sites for hydroxylation is 2. The van der Waals surface area contributed by atoms with Crippen molar-refractivity contribution in [3.05, 3.63) is 41.6 Å². The summed E-state index contributed by atoms with van der Waals surface area (Å²) in [4.78, 5) is 1.98. The fourth-order valence-corrected chi connectivity index (χ4v) is 2.12. The monoisotopic (exact) mass is 243 g/mol. The fourth-order valence-electron chi connectivity index (χ4n) is 2.12. The molecule has 0 aliphatic heterocycles. The van der Waals surface area contributed by atoms with Gasteiger partial charge in [-0.15, -0.1) is 0 Å². The number of para-hydroxylation sites is 1. The maximum Gasteiger partial charge on any atom is 0.142 e. The fraction of sp³-hybridized carbons (Fsp3) is 0.231. The van der Waals surface area contributed by atoms with Gasteiger partial charge < -0.3 is 10.6 Å². The first-order chi connectivity index (χ1) is 8.52. The van der Waals surface area contributed by atoms with E-state index < -0.39 is 0 Å². The lowest BCUT2D eigenvalue weighted by atomic mass is 10.2. The predicted molar refractivity (Wildman–Crippen MR) is 73.5 cm³/mol. The highest BCUT2D eigenvalue weighted by Gasteiger charge is 2.19. The molecule has 2 rings (SSSR count). The first-order valence-corrected chi connectivity index (χ1v) is 5.69. The number of benzene rings is 1. The van der Waals surface area contributed by atoms with Gasteiger partial charge >= 0.3 is 0 Å². The lowest BCUT2D eigenvalue weighted by Gasteiger charge is -2.20. The molecule has 0 unspecified atom stereocenters. The van der Waals surface area contributed by atoms with Crippen molar-refractivity contribution in [3.8, 4) is 0 Å². The van der Waals surface area contributed by atoms with Gasteiger partial charge in [-0.2, -0.15) is 5.10 Å². The molecule has 0 bridgehead atoms. The molecule has 0 aliphatic carbocycles. The second-order valence-corrected chi connectivity index (χ2v) is 4.22. The number of rotatable bonds is 3. The zero-order valence-corrected chi connectivity index (χ0v) is 10.8. The first-order valence-electron chi connectivity index (χ1n) is 5.69. The van der Waals surface area contributed by atoms with Crippen molar-refractivity contribution in [2.45, 2.75) is 6.92 Å². The Morgan fingerprint density at radius 1 is 1.33 bits per heavy atom. The molecule has 5 nitrogen and oxygen atoms in total. The van der Waals surface area contributed by atoms with Crippen LogP contribution in [0.5, 0.6) is 0 Å². The van der Waals surface area contributed by atoms with E-state index in [2.05, 4.69) is 5.10 Å². The first kappa shape index (κ1) is 12.2. The third-order valence-electron chi connectivity index (χ3n) is 2.92. The minimum absolute atomic E-state index is 0.0402. The summed E-state index contributed by atoms with van der Waals surface area (Å²) < 4.78 is 1.75. The topological polar surface area (TPSA) is 70.9 Å². The molecule has 94 valence electrons. The van der Waals surface area contributed by atoms with E-state index in [4.69, 9.17) is 11.1 Å². The minimum atomic E-state index is 0.0402. The van der Waals surface area contributed by atoms with Crippen LogP contribution in [-0.2, 0) is 7.05 Å². The number of nitrogens with zero attached hydrogens (tertiary/aromatic N) is 3. The number of amidine groups is 1. The van der Waals surface area contributed by atoms with Crippen molar-refractivity contribution in [2.75, 3.05) is 11.9 Å². The van der Waals surface area contributed by atoms with Gasteiger partial charge in [0.25, 0.3) is 0 Å². The van der Waals surface area contributed by atoms with Crippen molar-refractivity contribution in [1.82, 2.24) is 9.78 Å². The molecule has 0 saturated heterocycles. The zero-order chi connectivity index (χ0) is 13.3. The summed E-state index contributed by atoms with van der Waals surface area (Å²) in [5.74, 6) is 0.865. The van der Waals surface area contributed by atoms with Gasteiger partial charge in [-0.25, -0.2) is 0 Å². The molecule has 0 spiro atoms. The Morgan fingerprint density at radius 2 is 1.94 bits per heavy atom. The van der Waals surface area contributed by atoms with Crippen LogP contribution in [0.15, 0.2) is 30.3 Å². The number of nitrogen functional groups attached to an aromatic ring is 1. The third-order valence-corrected chi connectivity index (χ3v) is 2.92. The molecule has 0 atom stereocenters. The second kappa shape index (κ2) is 4.52. The SMILES string of the molecule is Cc1nn(C)c(N(C)c2ccccc2)c1C(=N)N. The van der Waals surface area contributed by atoms with Crippen LogP contribution in [0.4, 0.5) is 11.5 Å². The molecule has 3 N–H and O–H groups in total. The van der Waals surface area contributed by atoms with Crippen molar-refractivity contribution in [3.63, 3.8) is 0 Å². The Hall–Kier alpha value is -2.30. The van der Waals surface area contributed by atoms with Crippen molar-refractivity contribution in [2.24, 2.45) is 12.8 Å². The molecule has 0 radical (unpaired) electrons. The largest absolute Gasteiger partial charge is 0.384 e. The maximum absolute atomic E-state index is 7.68. The second-order valence-electron chi connectivity index (χ2n) is 4.22. The minimum Gasteiger partial charge on any atom is -0.384 e. The number of hydrogen-bond acceptors (Lipinski definition) is 3. The van der Waals surface area contributed by atoms with Crippen molar-refractivity contribution < 1.29 is 0 Å². The molecule has 0 fully saturated rings. The lowest BCUT2D eigenvalue weighted by Crippen LogP contribution is -2.20. The molecule has 2 aromatic rings. The number of anilines is 2. The summed E-state index contributed by atoms with van der Waals surface area (Å²) >= 11 is 0. The summed E-state index contributed by atoms with van der Waals surface area (Å²) in [7, 11) is 3.80. The standard InChI is InChI=1S/C13H17N5/c1-9-11(12(14)15)13(18(3)16-9)17(2)10-7-5-4-6-8-10/h4-8H,1-3H3,(H3,14,15). The van der Waals surface area contributed by atoms with Gasteiger partial charge in [0.2, 0.25) is 0 Å². The van der Waals surface area contributed by atoms with E-state index >= 15 is 0 Å². The van der Waals surface area contributed by atoms with Gasteiger partial charge in [-0.1, -0.05) is 18.2 Å². The molecule has 1 heterocycles. The number of nitrogens with two attached hydrogens (primary N) is 1. The van der Waals surface area contributed by atoms with Gasteiger partial charge in [-0.05, 0) is 19.1 Å². The van der Waals surface area contributed by atoms with E-state index in [1.807, 2.05) is 56.3 Å². The molecule has 1 aromatic heterocycles.